The molecule has 2 aliphatic heterocycles. The summed E-state index contributed by atoms with van der Waals surface area (Å²) in [5.41, 5.74) is 1.27. The molecule has 2 aromatic heterocycles. The van der Waals surface area contributed by atoms with Crippen LogP contribution >= 0.6 is 11.3 Å². The van der Waals surface area contributed by atoms with Gasteiger partial charge in [-0.3, -0.25) is 9.59 Å². The smallest absolute Gasteiger partial charge is 0.275 e. The number of anilines is 2. The van der Waals surface area contributed by atoms with Crippen LogP contribution < -0.4 is 15.4 Å². The lowest BCUT2D eigenvalue weighted by Crippen LogP contribution is -2.52. The Kier molecular flexibility index (Phi) is 6.49. The minimum atomic E-state index is -0.219. The SMILES string of the molecule is CCCc1cc(=O)n2nc(N3CCC(C(=O)N4CCN(c5ccccc5F)CC4)CC3)sc2n1. The Morgan fingerprint density at radius 1 is 1.09 bits per heavy atom. The minimum Gasteiger partial charge on any atom is -0.366 e. The summed E-state index contributed by atoms with van der Waals surface area (Å²) >= 11 is 1.43. The Balaban J connectivity index is 1.18. The molecule has 4 heterocycles. The van der Waals surface area contributed by atoms with Gasteiger partial charge < -0.3 is 14.7 Å². The van der Waals surface area contributed by atoms with Crippen molar-refractivity contribution in [1.82, 2.24) is 19.5 Å². The average molecular weight is 485 g/mol. The zero-order valence-corrected chi connectivity index (χ0v) is 20.1. The van der Waals surface area contributed by atoms with E-state index in [-0.39, 0.29) is 23.2 Å². The number of piperazine rings is 1. The Hall–Kier alpha value is -3.01. The van der Waals surface area contributed by atoms with E-state index in [1.54, 1.807) is 18.2 Å². The summed E-state index contributed by atoms with van der Waals surface area (Å²) in [6.07, 6.45) is 3.23. The maximum atomic E-state index is 14.1. The molecule has 1 amide bonds. The van der Waals surface area contributed by atoms with Crippen molar-refractivity contribution in [3.63, 3.8) is 0 Å². The average Bonchev–Trinajstić information content (AvgIpc) is 3.29. The minimum absolute atomic E-state index is 0.0114. The number of carbonyl (C=O) groups excluding carboxylic acids is 1. The van der Waals surface area contributed by atoms with Crippen LogP contribution in [0, 0.1) is 11.7 Å². The molecule has 2 fully saturated rings. The lowest BCUT2D eigenvalue weighted by molar-refractivity contribution is -0.136. The van der Waals surface area contributed by atoms with Gasteiger partial charge in [-0.05, 0) is 31.4 Å². The highest BCUT2D eigenvalue weighted by atomic mass is 32.1. The van der Waals surface area contributed by atoms with Gasteiger partial charge in [-0.1, -0.05) is 36.8 Å². The summed E-state index contributed by atoms with van der Waals surface area (Å²) in [6, 6.07) is 8.36. The fraction of sp³-hybridized carbons (Fsp3) is 0.500. The van der Waals surface area contributed by atoms with Gasteiger partial charge in [0.1, 0.15) is 5.82 Å². The van der Waals surface area contributed by atoms with E-state index in [0.717, 1.165) is 49.6 Å². The van der Waals surface area contributed by atoms with Gasteiger partial charge in [0.2, 0.25) is 16.0 Å². The topological polar surface area (TPSA) is 74.1 Å². The zero-order chi connectivity index (χ0) is 23.7. The molecule has 0 saturated carbocycles. The van der Waals surface area contributed by atoms with Gasteiger partial charge in [-0.2, -0.15) is 4.52 Å². The van der Waals surface area contributed by atoms with Crippen LogP contribution in [-0.2, 0) is 11.2 Å². The number of hydrogen-bond donors (Lipinski definition) is 0. The Bertz CT molecular complexity index is 1230. The van der Waals surface area contributed by atoms with E-state index in [2.05, 4.69) is 21.9 Å². The largest absolute Gasteiger partial charge is 0.366 e. The van der Waals surface area contributed by atoms with Gasteiger partial charge >= 0.3 is 0 Å². The van der Waals surface area contributed by atoms with Crippen molar-refractivity contribution in [1.29, 1.82) is 0 Å². The number of hydrogen-bond acceptors (Lipinski definition) is 7. The Labute approximate surface area is 201 Å². The standard InChI is InChI=1S/C24H29FN6O2S/c1-2-5-18-16-21(32)31-23(26-18)34-24(27-31)30-10-8-17(9-11-30)22(33)29-14-12-28(13-15-29)20-7-4-3-6-19(20)25/h3-4,6-7,16-17H,2,5,8-15H2,1H3. The number of amides is 1. The molecule has 8 nitrogen and oxygen atoms in total. The van der Waals surface area contributed by atoms with Crippen LogP contribution in [0.2, 0.25) is 0 Å². The van der Waals surface area contributed by atoms with Crippen LogP contribution in [0.4, 0.5) is 15.2 Å². The summed E-state index contributed by atoms with van der Waals surface area (Å²) in [5.74, 6) is -0.0367. The molecule has 0 radical (unpaired) electrons. The number of aryl methyl sites for hydroxylation is 1. The van der Waals surface area contributed by atoms with Gasteiger partial charge in [-0.25, -0.2) is 9.37 Å². The predicted octanol–water partition coefficient (Wildman–Crippen LogP) is 2.81. The Morgan fingerprint density at radius 2 is 1.82 bits per heavy atom. The van der Waals surface area contributed by atoms with Crippen LogP contribution in [0.5, 0.6) is 0 Å². The van der Waals surface area contributed by atoms with Crippen molar-refractivity contribution in [2.45, 2.75) is 32.6 Å². The van der Waals surface area contributed by atoms with Crippen molar-refractivity contribution >= 4 is 33.0 Å². The summed E-state index contributed by atoms with van der Waals surface area (Å²) in [4.78, 5) is 36.8. The fourth-order valence-corrected chi connectivity index (χ4v) is 5.79. The third-order valence-electron chi connectivity index (χ3n) is 6.69. The van der Waals surface area contributed by atoms with E-state index >= 15 is 0 Å². The van der Waals surface area contributed by atoms with E-state index in [1.807, 2.05) is 15.9 Å². The molecule has 180 valence electrons. The lowest BCUT2D eigenvalue weighted by Gasteiger charge is -2.39. The number of rotatable bonds is 5. The molecular weight excluding hydrogens is 455 g/mol. The third-order valence-corrected chi connectivity index (χ3v) is 7.66. The third kappa shape index (κ3) is 4.51. The molecule has 2 saturated heterocycles. The van der Waals surface area contributed by atoms with Crippen molar-refractivity contribution in [3.05, 3.63) is 52.2 Å². The van der Waals surface area contributed by atoms with E-state index in [4.69, 9.17) is 0 Å². The number of nitrogens with zero attached hydrogens (tertiary/aromatic N) is 6. The molecule has 0 atom stereocenters. The normalized spacial score (nSPS) is 17.5. The second-order valence-electron chi connectivity index (χ2n) is 8.94. The molecule has 2 aliphatic rings. The lowest BCUT2D eigenvalue weighted by atomic mass is 9.95. The summed E-state index contributed by atoms with van der Waals surface area (Å²) in [7, 11) is 0. The van der Waals surface area contributed by atoms with Gasteiger partial charge in [-0.15, -0.1) is 5.10 Å². The maximum absolute atomic E-state index is 14.1. The van der Waals surface area contributed by atoms with Crippen molar-refractivity contribution in [3.8, 4) is 0 Å². The Morgan fingerprint density at radius 3 is 2.53 bits per heavy atom. The van der Waals surface area contributed by atoms with Gasteiger partial charge in [0.25, 0.3) is 5.56 Å². The summed E-state index contributed by atoms with van der Waals surface area (Å²) < 4.78 is 15.5. The maximum Gasteiger partial charge on any atom is 0.275 e. The predicted molar refractivity (Wildman–Crippen MR) is 131 cm³/mol. The number of benzene rings is 1. The molecule has 3 aromatic rings. The van der Waals surface area contributed by atoms with Crippen LogP contribution in [0.15, 0.2) is 35.1 Å². The molecule has 0 spiro atoms. The number of fused-ring (bicyclic) bond motifs is 1. The number of piperidine rings is 1. The molecule has 0 aliphatic carbocycles. The van der Waals surface area contributed by atoms with Crippen LogP contribution in [-0.4, -0.2) is 64.7 Å². The molecule has 5 rings (SSSR count). The van der Waals surface area contributed by atoms with E-state index in [1.165, 1.54) is 21.9 Å². The van der Waals surface area contributed by atoms with Crippen LogP contribution in [0.25, 0.3) is 4.96 Å². The first-order chi connectivity index (χ1) is 16.5. The quantitative estimate of drug-likeness (QED) is 0.555. The molecule has 10 heteroatoms. The number of para-hydroxylation sites is 1. The first-order valence-electron chi connectivity index (χ1n) is 12.0. The molecule has 34 heavy (non-hydrogen) atoms. The van der Waals surface area contributed by atoms with Gasteiger partial charge in [0, 0.05) is 56.9 Å². The van der Waals surface area contributed by atoms with Crippen molar-refractivity contribution in [2.24, 2.45) is 5.92 Å². The highest BCUT2D eigenvalue weighted by Crippen LogP contribution is 2.28. The molecule has 0 bridgehead atoms. The summed E-state index contributed by atoms with van der Waals surface area (Å²) in [5, 5.41) is 5.28. The van der Waals surface area contributed by atoms with E-state index < -0.39 is 0 Å². The first kappa shape index (κ1) is 22.8. The second kappa shape index (κ2) is 9.69. The molecule has 0 unspecified atom stereocenters. The van der Waals surface area contributed by atoms with Crippen LogP contribution in [0.1, 0.15) is 31.9 Å². The van der Waals surface area contributed by atoms with E-state index in [0.29, 0.717) is 36.8 Å². The van der Waals surface area contributed by atoms with Gasteiger partial charge in [0.15, 0.2) is 0 Å². The molecule has 1 aromatic carbocycles. The number of halogens is 1. The summed E-state index contributed by atoms with van der Waals surface area (Å²) in [6.45, 7) is 6.01. The van der Waals surface area contributed by atoms with Crippen LogP contribution in [0.3, 0.4) is 0 Å². The zero-order valence-electron chi connectivity index (χ0n) is 19.3. The van der Waals surface area contributed by atoms with Crippen molar-refractivity contribution in [2.75, 3.05) is 49.1 Å². The number of carbonyl (C=O) groups is 1. The molecule has 0 N–H and O–H groups in total. The molecular formula is C24H29FN6O2S. The first-order valence-corrected chi connectivity index (χ1v) is 12.8. The van der Waals surface area contributed by atoms with Crippen molar-refractivity contribution < 1.29 is 9.18 Å². The fourth-order valence-electron chi connectivity index (χ4n) is 4.81. The highest BCUT2D eigenvalue weighted by molar-refractivity contribution is 7.20. The second-order valence-corrected chi connectivity index (χ2v) is 9.87. The van der Waals surface area contributed by atoms with E-state index in [9.17, 15) is 14.0 Å². The van der Waals surface area contributed by atoms with Gasteiger partial charge in [0.05, 0.1) is 5.69 Å². The highest BCUT2D eigenvalue weighted by Gasteiger charge is 2.31. The monoisotopic (exact) mass is 484 g/mol. The number of aromatic nitrogens is 3.